The molecule has 0 aliphatic carbocycles. The minimum atomic E-state index is -0.486. The third kappa shape index (κ3) is 5.21. The summed E-state index contributed by atoms with van der Waals surface area (Å²) >= 11 is 2.78. The summed E-state index contributed by atoms with van der Waals surface area (Å²) in [6, 6.07) is 5.25. The summed E-state index contributed by atoms with van der Waals surface area (Å²) < 4.78 is 11.9. The molecule has 0 radical (unpaired) electrons. The Bertz CT molecular complexity index is 718. The van der Waals surface area contributed by atoms with Crippen molar-refractivity contribution in [3.05, 3.63) is 23.8 Å². The molecule has 124 valence electrons. The predicted octanol–water partition coefficient (Wildman–Crippen LogP) is 3.91. The Balaban J connectivity index is 2.05. The van der Waals surface area contributed by atoms with Crippen LogP contribution in [0.3, 0.4) is 0 Å². The summed E-state index contributed by atoms with van der Waals surface area (Å²) in [6.45, 7) is 7.63. The number of aromatic nitrogens is 1. The molecule has 0 N–H and O–H groups in total. The molecule has 1 aromatic heterocycles. The number of carbonyl (C=O) groups excluding carboxylic acids is 2. The van der Waals surface area contributed by atoms with Crippen LogP contribution in [0.2, 0.25) is 0 Å². The number of ether oxygens (including phenoxy) is 2. The van der Waals surface area contributed by atoms with Gasteiger partial charge >= 0.3 is 11.9 Å². The van der Waals surface area contributed by atoms with Crippen LogP contribution in [0.5, 0.6) is 0 Å². The van der Waals surface area contributed by atoms with Gasteiger partial charge in [0, 0.05) is 0 Å². The number of hydrogen-bond donors (Lipinski definition) is 0. The largest absolute Gasteiger partial charge is 0.462 e. The first-order chi connectivity index (χ1) is 10.8. The molecule has 0 amide bonds. The highest BCUT2D eigenvalue weighted by Crippen LogP contribution is 2.30. The normalized spacial score (nSPS) is 11.5. The molecule has 7 heteroatoms. The zero-order chi connectivity index (χ0) is 17.0. The number of thioether (sulfide) groups is 1. The van der Waals surface area contributed by atoms with Gasteiger partial charge in [0.2, 0.25) is 0 Å². The zero-order valence-corrected chi connectivity index (χ0v) is 15.2. The number of rotatable bonds is 5. The van der Waals surface area contributed by atoms with E-state index in [9.17, 15) is 9.59 Å². The topological polar surface area (TPSA) is 65.5 Å². The van der Waals surface area contributed by atoms with Crippen molar-refractivity contribution < 1.29 is 19.1 Å². The molecule has 0 atom stereocenters. The number of hydrogen-bond acceptors (Lipinski definition) is 7. The number of carbonyl (C=O) groups is 2. The van der Waals surface area contributed by atoms with E-state index in [1.165, 1.54) is 23.1 Å². The average molecular weight is 353 g/mol. The van der Waals surface area contributed by atoms with Gasteiger partial charge in [0.05, 0.1) is 28.1 Å². The Morgan fingerprint density at radius 3 is 2.70 bits per heavy atom. The first-order valence-corrected chi connectivity index (χ1v) is 9.01. The van der Waals surface area contributed by atoms with Crippen molar-refractivity contribution in [2.24, 2.45) is 0 Å². The lowest BCUT2D eigenvalue weighted by Gasteiger charge is -2.18. The van der Waals surface area contributed by atoms with Crippen LogP contribution in [-0.2, 0) is 14.3 Å². The summed E-state index contributed by atoms with van der Waals surface area (Å²) in [6.07, 6.45) is 0. The van der Waals surface area contributed by atoms with Gasteiger partial charge in [-0.05, 0) is 45.9 Å². The van der Waals surface area contributed by atoms with Crippen molar-refractivity contribution in [1.29, 1.82) is 0 Å². The van der Waals surface area contributed by atoms with Crippen LogP contribution in [-0.4, -0.2) is 34.9 Å². The first kappa shape index (κ1) is 17.7. The highest BCUT2D eigenvalue weighted by molar-refractivity contribution is 8.01. The van der Waals surface area contributed by atoms with Crippen molar-refractivity contribution in [2.45, 2.75) is 37.6 Å². The third-order valence-electron chi connectivity index (χ3n) is 2.61. The van der Waals surface area contributed by atoms with E-state index < -0.39 is 5.60 Å². The second-order valence-electron chi connectivity index (χ2n) is 5.76. The molecule has 0 bridgehead atoms. The molecule has 2 rings (SSSR count). The van der Waals surface area contributed by atoms with Crippen molar-refractivity contribution in [1.82, 2.24) is 4.98 Å². The molecular formula is C16H19NO4S2. The third-order valence-corrected chi connectivity index (χ3v) is 4.75. The Kier molecular flexibility index (Phi) is 5.64. The van der Waals surface area contributed by atoms with E-state index in [0.717, 1.165) is 14.6 Å². The molecule has 2 aromatic rings. The number of esters is 2. The van der Waals surface area contributed by atoms with Crippen LogP contribution in [0.4, 0.5) is 0 Å². The molecule has 0 saturated heterocycles. The van der Waals surface area contributed by atoms with E-state index in [4.69, 9.17) is 9.47 Å². The maximum absolute atomic E-state index is 11.7. The summed E-state index contributed by atoms with van der Waals surface area (Å²) in [5, 5.41) is 0. The van der Waals surface area contributed by atoms with E-state index in [2.05, 4.69) is 4.98 Å². The lowest BCUT2D eigenvalue weighted by Crippen LogP contribution is -2.24. The molecule has 5 nitrogen and oxygen atoms in total. The molecule has 0 fully saturated rings. The minimum Gasteiger partial charge on any atom is -0.462 e. The van der Waals surface area contributed by atoms with Crippen LogP contribution in [0.25, 0.3) is 10.2 Å². The van der Waals surface area contributed by atoms with Gasteiger partial charge in [-0.1, -0.05) is 11.8 Å². The number of thiazole rings is 1. The second-order valence-corrected chi connectivity index (χ2v) is 8.01. The Morgan fingerprint density at radius 2 is 2.04 bits per heavy atom. The highest BCUT2D eigenvalue weighted by Gasteiger charge is 2.17. The van der Waals surface area contributed by atoms with Gasteiger partial charge < -0.3 is 9.47 Å². The number of benzene rings is 1. The molecule has 1 heterocycles. The van der Waals surface area contributed by atoms with Crippen LogP contribution in [0, 0.1) is 0 Å². The molecule has 0 spiro atoms. The molecule has 0 aliphatic heterocycles. The standard InChI is InChI=1S/C16H19NO4S2/c1-5-20-14(19)10-6-7-11-12(8-10)23-15(17-11)22-9-13(18)21-16(2,3)4/h6-8H,5,9H2,1-4H3. The minimum absolute atomic E-state index is 0.210. The van der Waals surface area contributed by atoms with Gasteiger partial charge in [-0.2, -0.15) is 0 Å². The summed E-state index contributed by atoms with van der Waals surface area (Å²) in [7, 11) is 0. The van der Waals surface area contributed by atoms with Crippen LogP contribution in [0.1, 0.15) is 38.1 Å². The Morgan fingerprint density at radius 1 is 1.30 bits per heavy atom. The van der Waals surface area contributed by atoms with Crippen LogP contribution in [0.15, 0.2) is 22.5 Å². The van der Waals surface area contributed by atoms with E-state index in [0.29, 0.717) is 12.2 Å². The Hall–Kier alpha value is -1.60. The van der Waals surface area contributed by atoms with E-state index in [-0.39, 0.29) is 17.7 Å². The van der Waals surface area contributed by atoms with E-state index in [1.807, 2.05) is 20.8 Å². The lowest BCUT2D eigenvalue weighted by molar-refractivity contribution is -0.151. The number of fused-ring (bicyclic) bond motifs is 1. The first-order valence-electron chi connectivity index (χ1n) is 7.21. The zero-order valence-electron chi connectivity index (χ0n) is 13.5. The molecule has 23 heavy (non-hydrogen) atoms. The summed E-state index contributed by atoms with van der Waals surface area (Å²) in [5.74, 6) is -0.401. The molecular weight excluding hydrogens is 334 g/mol. The van der Waals surface area contributed by atoms with Crippen molar-refractivity contribution >= 4 is 45.3 Å². The van der Waals surface area contributed by atoms with Crippen LogP contribution >= 0.6 is 23.1 Å². The number of nitrogens with zero attached hydrogens (tertiary/aromatic N) is 1. The van der Waals surface area contributed by atoms with E-state index in [1.54, 1.807) is 25.1 Å². The molecule has 0 unspecified atom stereocenters. The SMILES string of the molecule is CCOC(=O)c1ccc2nc(SCC(=O)OC(C)(C)C)sc2c1. The van der Waals surface area contributed by atoms with Gasteiger partial charge in [0.1, 0.15) is 5.60 Å². The Labute approximate surface area is 143 Å². The fourth-order valence-corrected chi connectivity index (χ4v) is 3.68. The van der Waals surface area contributed by atoms with Crippen LogP contribution < -0.4 is 0 Å². The predicted molar refractivity (Wildman–Crippen MR) is 92.1 cm³/mol. The van der Waals surface area contributed by atoms with Gasteiger partial charge in [-0.25, -0.2) is 9.78 Å². The van der Waals surface area contributed by atoms with Gasteiger partial charge in [0.15, 0.2) is 4.34 Å². The lowest BCUT2D eigenvalue weighted by atomic mass is 10.2. The molecule has 0 aliphatic rings. The molecule has 1 aromatic carbocycles. The van der Waals surface area contributed by atoms with Crippen molar-refractivity contribution in [3.63, 3.8) is 0 Å². The second kappa shape index (κ2) is 7.31. The quantitative estimate of drug-likeness (QED) is 0.600. The maximum Gasteiger partial charge on any atom is 0.338 e. The summed E-state index contributed by atoms with van der Waals surface area (Å²) in [5.41, 5.74) is 0.821. The average Bonchev–Trinajstić information content (AvgIpc) is 2.85. The van der Waals surface area contributed by atoms with Crippen molar-refractivity contribution in [3.8, 4) is 0 Å². The smallest absolute Gasteiger partial charge is 0.338 e. The maximum atomic E-state index is 11.7. The van der Waals surface area contributed by atoms with Crippen molar-refractivity contribution in [2.75, 3.05) is 12.4 Å². The monoisotopic (exact) mass is 353 g/mol. The highest BCUT2D eigenvalue weighted by atomic mass is 32.2. The fraction of sp³-hybridized carbons (Fsp3) is 0.438. The van der Waals surface area contributed by atoms with Gasteiger partial charge in [-0.3, -0.25) is 4.79 Å². The molecule has 0 saturated carbocycles. The van der Waals surface area contributed by atoms with Gasteiger partial charge in [-0.15, -0.1) is 11.3 Å². The fourth-order valence-electron chi connectivity index (χ4n) is 1.80. The summed E-state index contributed by atoms with van der Waals surface area (Å²) in [4.78, 5) is 27.9. The van der Waals surface area contributed by atoms with Gasteiger partial charge in [0.25, 0.3) is 0 Å². The van der Waals surface area contributed by atoms with E-state index >= 15 is 0 Å².